The van der Waals surface area contributed by atoms with Crippen LogP contribution >= 0.6 is 0 Å². The summed E-state index contributed by atoms with van der Waals surface area (Å²) in [6.45, 7) is 2.05. The molecule has 0 bridgehead atoms. The van der Waals surface area contributed by atoms with Crippen LogP contribution in [0.5, 0.6) is 0 Å². The molecule has 2 aromatic rings. The smallest absolute Gasteiger partial charge is 0.123 e. The van der Waals surface area contributed by atoms with Gasteiger partial charge >= 0.3 is 0 Å². The molecule has 2 aromatic carbocycles. The molecule has 0 saturated heterocycles. The van der Waals surface area contributed by atoms with Crippen LogP contribution in [0.3, 0.4) is 0 Å². The standard InChI is InChI=1S/C12H10F/c1-9-2-3-11(8-9)10-4-6-12(13)7-5-10/h2-8H,1H3/q-1. The van der Waals surface area contributed by atoms with Crippen LogP contribution in [0.2, 0.25) is 0 Å². The fraction of sp³-hybridized carbons (Fsp3) is 0.0833. The zero-order chi connectivity index (χ0) is 9.26. The van der Waals surface area contributed by atoms with Crippen molar-refractivity contribution in [3.05, 3.63) is 53.8 Å². The van der Waals surface area contributed by atoms with Crippen molar-refractivity contribution in [2.75, 3.05) is 0 Å². The van der Waals surface area contributed by atoms with Gasteiger partial charge in [-0.05, 0) is 12.1 Å². The molecular formula is C12H10F-. The molecule has 13 heavy (non-hydrogen) atoms. The predicted molar refractivity (Wildman–Crippen MR) is 52.2 cm³/mol. The highest BCUT2D eigenvalue weighted by Gasteiger charge is 1.91. The summed E-state index contributed by atoms with van der Waals surface area (Å²) in [6, 6.07) is 12.7. The van der Waals surface area contributed by atoms with Crippen molar-refractivity contribution < 1.29 is 4.39 Å². The molecular weight excluding hydrogens is 163 g/mol. The summed E-state index contributed by atoms with van der Waals surface area (Å²) in [5, 5.41) is 0. The highest BCUT2D eigenvalue weighted by molar-refractivity contribution is 5.65. The molecule has 0 saturated carbocycles. The average Bonchev–Trinajstić information content (AvgIpc) is 2.53. The molecule has 66 valence electrons. The molecule has 2 rings (SSSR count). The van der Waals surface area contributed by atoms with Crippen molar-refractivity contribution in [2.45, 2.75) is 6.92 Å². The van der Waals surface area contributed by atoms with E-state index in [9.17, 15) is 4.39 Å². The van der Waals surface area contributed by atoms with Crippen LogP contribution in [0.25, 0.3) is 11.1 Å². The number of hydrogen-bond acceptors (Lipinski definition) is 0. The lowest BCUT2D eigenvalue weighted by molar-refractivity contribution is 0.628. The van der Waals surface area contributed by atoms with Gasteiger partial charge in [-0.15, -0.1) is 0 Å². The largest absolute Gasteiger partial charge is 0.207 e. The van der Waals surface area contributed by atoms with Gasteiger partial charge < -0.3 is 0 Å². The summed E-state index contributed by atoms with van der Waals surface area (Å²) in [6.07, 6.45) is 0. The molecule has 0 N–H and O–H groups in total. The summed E-state index contributed by atoms with van der Waals surface area (Å²) in [5.74, 6) is -0.188. The van der Waals surface area contributed by atoms with Gasteiger partial charge in [0.25, 0.3) is 0 Å². The summed E-state index contributed by atoms with van der Waals surface area (Å²) < 4.78 is 12.6. The van der Waals surface area contributed by atoms with Crippen molar-refractivity contribution in [2.24, 2.45) is 0 Å². The van der Waals surface area contributed by atoms with Gasteiger partial charge in [-0.1, -0.05) is 24.6 Å². The zero-order valence-electron chi connectivity index (χ0n) is 7.42. The minimum atomic E-state index is -0.188. The molecule has 0 unspecified atom stereocenters. The average molecular weight is 173 g/mol. The van der Waals surface area contributed by atoms with E-state index >= 15 is 0 Å². The van der Waals surface area contributed by atoms with Crippen molar-refractivity contribution in [3.63, 3.8) is 0 Å². The van der Waals surface area contributed by atoms with E-state index in [0.717, 1.165) is 11.1 Å². The summed E-state index contributed by atoms with van der Waals surface area (Å²) in [7, 11) is 0. The normalized spacial score (nSPS) is 10.3. The third kappa shape index (κ3) is 1.64. The van der Waals surface area contributed by atoms with Crippen molar-refractivity contribution in [3.8, 4) is 11.1 Å². The molecule has 0 fully saturated rings. The van der Waals surface area contributed by atoms with Crippen LogP contribution in [0, 0.1) is 12.7 Å². The predicted octanol–water partition coefficient (Wildman–Crippen LogP) is 3.52. The Kier molecular flexibility index (Phi) is 1.93. The fourth-order valence-electron chi connectivity index (χ4n) is 1.38. The Balaban J connectivity index is 2.41. The maximum absolute atomic E-state index is 12.6. The molecule has 0 atom stereocenters. The maximum atomic E-state index is 12.6. The van der Waals surface area contributed by atoms with E-state index in [-0.39, 0.29) is 5.82 Å². The van der Waals surface area contributed by atoms with Gasteiger partial charge in [-0.2, -0.15) is 23.3 Å². The highest BCUT2D eigenvalue weighted by Crippen LogP contribution is 2.21. The molecule has 0 spiro atoms. The number of rotatable bonds is 1. The van der Waals surface area contributed by atoms with E-state index in [1.165, 1.54) is 17.7 Å². The van der Waals surface area contributed by atoms with Gasteiger partial charge in [0.2, 0.25) is 0 Å². The second-order valence-corrected chi connectivity index (χ2v) is 3.18. The third-order valence-corrected chi connectivity index (χ3v) is 2.09. The Morgan fingerprint density at radius 3 is 2.23 bits per heavy atom. The molecule has 0 nitrogen and oxygen atoms in total. The second-order valence-electron chi connectivity index (χ2n) is 3.18. The van der Waals surface area contributed by atoms with Gasteiger partial charge in [0, 0.05) is 0 Å². The van der Waals surface area contributed by atoms with E-state index in [2.05, 4.69) is 12.1 Å². The van der Waals surface area contributed by atoms with Gasteiger partial charge in [0.05, 0.1) is 0 Å². The third-order valence-electron chi connectivity index (χ3n) is 2.09. The summed E-state index contributed by atoms with van der Waals surface area (Å²) in [5.41, 5.74) is 3.45. The van der Waals surface area contributed by atoms with Crippen LogP contribution in [0.15, 0.2) is 42.5 Å². The quantitative estimate of drug-likeness (QED) is 0.579. The number of hydrogen-bond donors (Lipinski definition) is 0. The van der Waals surface area contributed by atoms with E-state index in [1.54, 1.807) is 12.1 Å². The number of halogens is 1. The Hall–Kier alpha value is -1.50. The minimum Gasteiger partial charge on any atom is -0.207 e. The van der Waals surface area contributed by atoms with Crippen LogP contribution in [-0.2, 0) is 0 Å². The molecule has 0 aliphatic carbocycles. The van der Waals surface area contributed by atoms with Gasteiger partial charge in [0.15, 0.2) is 0 Å². The Morgan fingerprint density at radius 1 is 1.00 bits per heavy atom. The highest BCUT2D eigenvalue weighted by atomic mass is 19.1. The lowest BCUT2D eigenvalue weighted by Gasteiger charge is -2.03. The van der Waals surface area contributed by atoms with Gasteiger partial charge in [-0.3, -0.25) is 0 Å². The Bertz CT molecular complexity index is 395. The minimum absolute atomic E-state index is 0.188. The molecule has 0 aliphatic heterocycles. The molecule has 0 aromatic heterocycles. The lowest BCUT2D eigenvalue weighted by Crippen LogP contribution is -1.74. The first-order valence-corrected chi connectivity index (χ1v) is 4.25. The Morgan fingerprint density at radius 2 is 1.69 bits per heavy atom. The molecule has 0 radical (unpaired) electrons. The molecule has 0 amide bonds. The zero-order valence-corrected chi connectivity index (χ0v) is 7.42. The van der Waals surface area contributed by atoms with E-state index in [0.29, 0.717) is 0 Å². The van der Waals surface area contributed by atoms with Gasteiger partial charge in [0.1, 0.15) is 5.82 Å². The first-order valence-electron chi connectivity index (χ1n) is 4.25. The molecule has 1 heteroatoms. The first-order chi connectivity index (χ1) is 6.25. The maximum Gasteiger partial charge on any atom is 0.123 e. The van der Waals surface area contributed by atoms with Crippen LogP contribution in [0.4, 0.5) is 4.39 Å². The molecule has 0 heterocycles. The molecule has 0 aliphatic rings. The van der Waals surface area contributed by atoms with E-state index in [4.69, 9.17) is 0 Å². The number of benzene rings is 1. The monoisotopic (exact) mass is 173 g/mol. The van der Waals surface area contributed by atoms with Crippen molar-refractivity contribution in [1.82, 2.24) is 0 Å². The van der Waals surface area contributed by atoms with Gasteiger partial charge in [-0.25, -0.2) is 10.5 Å². The first kappa shape index (κ1) is 8.11. The van der Waals surface area contributed by atoms with Crippen molar-refractivity contribution in [1.29, 1.82) is 0 Å². The summed E-state index contributed by atoms with van der Waals surface area (Å²) >= 11 is 0. The SMILES string of the molecule is C[c-]1ccc(-c2ccc(F)cc2)c1. The van der Waals surface area contributed by atoms with Crippen molar-refractivity contribution >= 4 is 0 Å². The van der Waals surface area contributed by atoms with E-state index in [1.807, 2.05) is 13.0 Å². The number of aryl methyl sites for hydroxylation is 1. The van der Waals surface area contributed by atoms with Crippen LogP contribution < -0.4 is 0 Å². The summed E-state index contributed by atoms with van der Waals surface area (Å²) in [4.78, 5) is 0. The lowest BCUT2D eigenvalue weighted by atomic mass is 10.1. The van der Waals surface area contributed by atoms with Crippen LogP contribution in [-0.4, -0.2) is 0 Å². The fourth-order valence-corrected chi connectivity index (χ4v) is 1.38. The van der Waals surface area contributed by atoms with E-state index < -0.39 is 0 Å². The van der Waals surface area contributed by atoms with Crippen LogP contribution in [0.1, 0.15) is 5.56 Å². The topological polar surface area (TPSA) is 0 Å². The Labute approximate surface area is 77.0 Å². The second kappa shape index (κ2) is 3.09.